The van der Waals surface area contributed by atoms with Crippen molar-refractivity contribution in [2.24, 2.45) is 0 Å². The molecule has 0 spiro atoms. The number of rotatable bonds is 4. The van der Waals surface area contributed by atoms with E-state index in [9.17, 15) is 0 Å². The number of aliphatic hydroxyl groups is 1. The van der Waals surface area contributed by atoms with E-state index in [-0.39, 0.29) is 6.61 Å². The molecule has 0 fully saturated rings. The summed E-state index contributed by atoms with van der Waals surface area (Å²) in [5, 5.41) is 9.16. The second-order valence-corrected chi connectivity index (χ2v) is 4.64. The number of hydrogen-bond donors (Lipinski definition) is 1. The Balaban J connectivity index is 2.13. The van der Waals surface area contributed by atoms with Gasteiger partial charge in [0, 0.05) is 12.7 Å². The summed E-state index contributed by atoms with van der Waals surface area (Å²) in [5.74, 6) is 1.89. The summed E-state index contributed by atoms with van der Waals surface area (Å²) in [6.07, 6.45) is 0. The second kappa shape index (κ2) is 5.27. The van der Waals surface area contributed by atoms with E-state index in [1.807, 2.05) is 45.2 Å². The van der Waals surface area contributed by atoms with E-state index in [4.69, 9.17) is 9.52 Å². The Morgan fingerprint density at radius 3 is 2.50 bits per heavy atom. The van der Waals surface area contributed by atoms with Crippen LogP contribution in [0.25, 0.3) is 0 Å². The van der Waals surface area contributed by atoms with Crippen molar-refractivity contribution in [3.8, 4) is 0 Å². The van der Waals surface area contributed by atoms with Crippen LogP contribution >= 0.6 is 0 Å². The molecule has 0 radical (unpaired) electrons. The van der Waals surface area contributed by atoms with E-state index in [2.05, 4.69) is 11.0 Å². The molecule has 0 saturated carbocycles. The summed E-state index contributed by atoms with van der Waals surface area (Å²) in [6.45, 7) is 4.79. The molecule has 1 aromatic carbocycles. The van der Waals surface area contributed by atoms with E-state index < -0.39 is 0 Å². The van der Waals surface area contributed by atoms with Gasteiger partial charge in [-0.2, -0.15) is 0 Å². The van der Waals surface area contributed by atoms with Gasteiger partial charge in [-0.15, -0.1) is 0 Å². The molecule has 1 N–H and O–H groups in total. The number of anilines is 1. The highest BCUT2D eigenvalue weighted by Crippen LogP contribution is 2.20. The average Bonchev–Trinajstić information content (AvgIpc) is 2.74. The van der Waals surface area contributed by atoms with Crippen LogP contribution in [0.2, 0.25) is 0 Å². The van der Waals surface area contributed by atoms with Crippen molar-refractivity contribution < 1.29 is 9.52 Å². The van der Waals surface area contributed by atoms with Crippen molar-refractivity contribution in [3.05, 3.63) is 53.0 Å². The van der Waals surface area contributed by atoms with Crippen LogP contribution in [-0.4, -0.2) is 12.2 Å². The van der Waals surface area contributed by atoms with Gasteiger partial charge in [-0.3, -0.25) is 0 Å². The fourth-order valence-corrected chi connectivity index (χ4v) is 1.99. The molecular weight excluding hydrogens is 226 g/mol. The van der Waals surface area contributed by atoms with Crippen LogP contribution in [0.15, 0.2) is 34.7 Å². The molecular formula is C15H19NO2. The zero-order chi connectivity index (χ0) is 13.1. The largest absolute Gasteiger partial charge is 0.464 e. The van der Waals surface area contributed by atoms with Gasteiger partial charge in [0.15, 0.2) is 0 Å². The van der Waals surface area contributed by atoms with Crippen molar-refractivity contribution in [2.45, 2.75) is 27.0 Å². The molecule has 0 bridgehead atoms. The van der Waals surface area contributed by atoms with Crippen LogP contribution in [0.1, 0.15) is 22.6 Å². The molecule has 2 aromatic rings. The summed E-state index contributed by atoms with van der Waals surface area (Å²) in [4.78, 5) is 2.13. The van der Waals surface area contributed by atoms with Gasteiger partial charge in [-0.05, 0) is 49.2 Å². The van der Waals surface area contributed by atoms with E-state index in [0.717, 1.165) is 34.9 Å². The lowest BCUT2D eigenvalue weighted by Gasteiger charge is -2.19. The monoisotopic (exact) mass is 245 g/mol. The smallest absolute Gasteiger partial charge is 0.123 e. The van der Waals surface area contributed by atoms with Gasteiger partial charge in [0.1, 0.15) is 11.5 Å². The first-order valence-corrected chi connectivity index (χ1v) is 6.07. The van der Waals surface area contributed by atoms with Gasteiger partial charge in [0.25, 0.3) is 0 Å². The highest BCUT2D eigenvalue weighted by atomic mass is 16.3. The van der Waals surface area contributed by atoms with E-state index in [1.54, 1.807) is 0 Å². The minimum absolute atomic E-state index is 0.0905. The molecule has 2 rings (SSSR count). The molecule has 0 saturated heterocycles. The van der Waals surface area contributed by atoms with Crippen molar-refractivity contribution >= 4 is 5.69 Å². The molecule has 3 nitrogen and oxygen atoms in total. The van der Waals surface area contributed by atoms with Gasteiger partial charge in [-0.25, -0.2) is 0 Å². The molecule has 3 heteroatoms. The fourth-order valence-electron chi connectivity index (χ4n) is 1.99. The molecule has 0 aliphatic heterocycles. The minimum atomic E-state index is 0.0905. The second-order valence-electron chi connectivity index (χ2n) is 4.64. The Hall–Kier alpha value is -1.74. The first kappa shape index (κ1) is 12.7. The van der Waals surface area contributed by atoms with E-state index in [0.29, 0.717) is 0 Å². The number of aliphatic hydroxyl groups excluding tert-OH is 1. The molecule has 96 valence electrons. The molecule has 0 atom stereocenters. The van der Waals surface area contributed by atoms with Crippen LogP contribution < -0.4 is 4.90 Å². The summed E-state index contributed by atoms with van der Waals surface area (Å²) < 4.78 is 5.57. The Morgan fingerprint density at radius 1 is 1.17 bits per heavy atom. The molecule has 0 amide bonds. The maximum absolute atomic E-state index is 9.16. The number of nitrogens with zero attached hydrogens (tertiary/aromatic N) is 1. The SMILES string of the molecule is Cc1ccc(CN(C)c2ccc(CO)c(C)c2)o1. The van der Waals surface area contributed by atoms with Crippen LogP contribution in [0, 0.1) is 13.8 Å². The van der Waals surface area contributed by atoms with Crippen LogP contribution in [-0.2, 0) is 13.2 Å². The highest BCUT2D eigenvalue weighted by molar-refractivity contribution is 5.50. The van der Waals surface area contributed by atoms with Crippen LogP contribution in [0.5, 0.6) is 0 Å². The topological polar surface area (TPSA) is 36.6 Å². The summed E-state index contributed by atoms with van der Waals surface area (Å²) in [7, 11) is 2.03. The first-order valence-electron chi connectivity index (χ1n) is 6.07. The third-order valence-corrected chi connectivity index (χ3v) is 3.13. The number of benzene rings is 1. The Morgan fingerprint density at radius 2 is 1.94 bits per heavy atom. The molecule has 0 aliphatic carbocycles. The van der Waals surface area contributed by atoms with Gasteiger partial charge in [-0.1, -0.05) is 6.07 Å². The Labute approximate surface area is 108 Å². The average molecular weight is 245 g/mol. The lowest BCUT2D eigenvalue weighted by molar-refractivity contribution is 0.281. The number of furan rings is 1. The van der Waals surface area contributed by atoms with Crippen molar-refractivity contribution in [1.82, 2.24) is 0 Å². The van der Waals surface area contributed by atoms with E-state index in [1.165, 1.54) is 0 Å². The quantitative estimate of drug-likeness (QED) is 0.899. The first-order chi connectivity index (χ1) is 8.60. The molecule has 18 heavy (non-hydrogen) atoms. The standard InChI is InChI=1S/C15H19NO2/c1-11-8-14(6-5-13(11)10-17)16(3)9-15-7-4-12(2)18-15/h4-8,17H,9-10H2,1-3H3. The minimum Gasteiger partial charge on any atom is -0.464 e. The molecule has 0 unspecified atom stereocenters. The Kier molecular flexibility index (Phi) is 3.72. The van der Waals surface area contributed by atoms with Gasteiger partial charge in [0.05, 0.1) is 13.2 Å². The van der Waals surface area contributed by atoms with E-state index >= 15 is 0 Å². The van der Waals surface area contributed by atoms with Crippen molar-refractivity contribution in [3.63, 3.8) is 0 Å². The summed E-state index contributed by atoms with van der Waals surface area (Å²) in [6, 6.07) is 10.0. The van der Waals surface area contributed by atoms with Crippen LogP contribution in [0.4, 0.5) is 5.69 Å². The lowest BCUT2D eigenvalue weighted by atomic mass is 10.1. The zero-order valence-corrected chi connectivity index (χ0v) is 11.1. The fraction of sp³-hybridized carbons (Fsp3) is 0.333. The number of aryl methyl sites for hydroxylation is 2. The van der Waals surface area contributed by atoms with Crippen molar-refractivity contribution in [2.75, 3.05) is 11.9 Å². The van der Waals surface area contributed by atoms with Gasteiger partial charge < -0.3 is 14.4 Å². The maximum Gasteiger partial charge on any atom is 0.123 e. The predicted octanol–water partition coefficient (Wildman–Crippen LogP) is 3.03. The Bertz CT molecular complexity index is 531. The zero-order valence-electron chi connectivity index (χ0n) is 11.1. The maximum atomic E-state index is 9.16. The number of hydrogen-bond acceptors (Lipinski definition) is 3. The highest BCUT2D eigenvalue weighted by Gasteiger charge is 2.06. The predicted molar refractivity (Wildman–Crippen MR) is 72.7 cm³/mol. The lowest BCUT2D eigenvalue weighted by Crippen LogP contribution is -2.16. The van der Waals surface area contributed by atoms with Gasteiger partial charge in [0.2, 0.25) is 0 Å². The molecule has 1 heterocycles. The third kappa shape index (κ3) is 2.74. The normalized spacial score (nSPS) is 10.7. The van der Waals surface area contributed by atoms with Crippen molar-refractivity contribution in [1.29, 1.82) is 0 Å². The van der Waals surface area contributed by atoms with Crippen LogP contribution in [0.3, 0.4) is 0 Å². The summed E-state index contributed by atoms with van der Waals surface area (Å²) >= 11 is 0. The molecule has 0 aliphatic rings. The summed E-state index contributed by atoms with van der Waals surface area (Å²) in [5.41, 5.74) is 3.21. The third-order valence-electron chi connectivity index (χ3n) is 3.13. The van der Waals surface area contributed by atoms with Gasteiger partial charge >= 0.3 is 0 Å². The molecule has 1 aromatic heterocycles.